The van der Waals surface area contributed by atoms with Crippen LogP contribution in [0.25, 0.3) is 0 Å². The Bertz CT molecular complexity index is 71.3. The number of halogens is 1. The zero-order chi connectivity index (χ0) is 6.53. The van der Waals surface area contributed by atoms with Crippen molar-refractivity contribution in [2.75, 3.05) is 18.5 Å². The molecule has 1 aliphatic carbocycles. The predicted molar refractivity (Wildman–Crippen MR) is 42.0 cm³/mol. The maximum Gasteiger partial charge on any atom is 0.0563 e. The zero-order valence-corrected chi connectivity index (χ0v) is 7.19. The molecule has 0 unspecified atom stereocenters. The summed E-state index contributed by atoms with van der Waals surface area (Å²) < 4.78 is 5.34. The van der Waals surface area contributed by atoms with Crippen LogP contribution in [0.1, 0.15) is 19.3 Å². The average molecular weight is 193 g/mol. The van der Waals surface area contributed by atoms with Crippen LogP contribution >= 0.6 is 15.9 Å². The molecule has 1 rings (SSSR count). The molecule has 0 saturated heterocycles. The van der Waals surface area contributed by atoms with Gasteiger partial charge in [0.1, 0.15) is 0 Å². The molecule has 0 aromatic carbocycles. The molecule has 0 atom stereocenters. The lowest BCUT2D eigenvalue weighted by Crippen LogP contribution is -2.17. The molecule has 1 fully saturated rings. The summed E-state index contributed by atoms with van der Waals surface area (Å²) >= 11 is 3.31. The van der Waals surface area contributed by atoms with Gasteiger partial charge in [-0.1, -0.05) is 22.4 Å². The lowest BCUT2D eigenvalue weighted by atomic mass is 9.86. The summed E-state index contributed by atoms with van der Waals surface area (Å²) in [5.74, 6) is 0.893. The van der Waals surface area contributed by atoms with Crippen molar-refractivity contribution < 1.29 is 4.74 Å². The standard InChI is InChI=1S/C7H13BrO/c8-4-5-9-6-7-2-1-3-7/h7H,1-6H2. The van der Waals surface area contributed by atoms with E-state index in [9.17, 15) is 0 Å². The van der Waals surface area contributed by atoms with Gasteiger partial charge >= 0.3 is 0 Å². The molecular formula is C7H13BrO. The topological polar surface area (TPSA) is 9.23 Å². The first-order chi connectivity index (χ1) is 4.43. The van der Waals surface area contributed by atoms with Crippen molar-refractivity contribution in [2.45, 2.75) is 19.3 Å². The van der Waals surface area contributed by atoms with Gasteiger partial charge in [-0.2, -0.15) is 0 Å². The van der Waals surface area contributed by atoms with E-state index in [2.05, 4.69) is 15.9 Å². The monoisotopic (exact) mass is 192 g/mol. The molecule has 0 heterocycles. The van der Waals surface area contributed by atoms with Crippen LogP contribution in [0, 0.1) is 5.92 Å². The molecule has 1 aliphatic rings. The predicted octanol–water partition coefficient (Wildman–Crippen LogP) is 2.20. The van der Waals surface area contributed by atoms with Crippen LogP contribution in [0.5, 0.6) is 0 Å². The van der Waals surface area contributed by atoms with Crippen LogP contribution in [-0.2, 0) is 4.74 Å². The fourth-order valence-electron chi connectivity index (χ4n) is 0.964. The van der Waals surface area contributed by atoms with Gasteiger partial charge in [-0.05, 0) is 18.8 Å². The van der Waals surface area contributed by atoms with Crippen molar-refractivity contribution in [3.8, 4) is 0 Å². The van der Waals surface area contributed by atoms with E-state index >= 15 is 0 Å². The molecular weight excluding hydrogens is 180 g/mol. The summed E-state index contributed by atoms with van der Waals surface area (Å²) in [5.41, 5.74) is 0. The van der Waals surface area contributed by atoms with Gasteiger partial charge in [0.2, 0.25) is 0 Å². The quantitative estimate of drug-likeness (QED) is 0.491. The van der Waals surface area contributed by atoms with E-state index in [4.69, 9.17) is 4.74 Å². The van der Waals surface area contributed by atoms with Gasteiger partial charge in [-0.25, -0.2) is 0 Å². The minimum absolute atomic E-state index is 0.872. The summed E-state index contributed by atoms with van der Waals surface area (Å²) in [6, 6.07) is 0. The Balaban J connectivity index is 1.80. The van der Waals surface area contributed by atoms with Crippen molar-refractivity contribution in [3.05, 3.63) is 0 Å². The van der Waals surface area contributed by atoms with E-state index in [1.807, 2.05) is 0 Å². The molecule has 9 heavy (non-hydrogen) atoms. The van der Waals surface area contributed by atoms with E-state index in [1.54, 1.807) is 0 Å². The lowest BCUT2D eigenvalue weighted by molar-refractivity contribution is 0.0809. The molecule has 0 amide bonds. The number of ether oxygens (including phenoxy) is 1. The third-order valence-electron chi connectivity index (χ3n) is 1.80. The van der Waals surface area contributed by atoms with Gasteiger partial charge in [0, 0.05) is 11.9 Å². The summed E-state index contributed by atoms with van der Waals surface area (Å²) in [6.07, 6.45) is 4.20. The van der Waals surface area contributed by atoms with E-state index in [-0.39, 0.29) is 0 Å². The second kappa shape index (κ2) is 4.29. The Morgan fingerprint density at radius 2 is 2.22 bits per heavy atom. The van der Waals surface area contributed by atoms with Crippen LogP contribution in [0.15, 0.2) is 0 Å². The lowest BCUT2D eigenvalue weighted by Gasteiger charge is -2.24. The molecule has 1 saturated carbocycles. The molecule has 0 aromatic rings. The van der Waals surface area contributed by atoms with Crippen molar-refractivity contribution in [1.82, 2.24) is 0 Å². The molecule has 2 heteroatoms. The highest BCUT2D eigenvalue weighted by atomic mass is 79.9. The second-order valence-electron chi connectivity index (χ2n) is 2.56. The van der Waals surface area contributed by atoms with Crippen LogP contribution in [-0.4, -0.2) is 18.5 Å². The summed E-state index contributed by atoms with van der Waals surface area (Å²) in [6.45, 7) is 1.86. The second-order valence-corrected chi connectivity index (χ2v) is 3.35. The highest BCUT2D eigenvalue weighted by Crippen LogP contribution is 2.26. The normalized spacial score (nSPS) is 19.7. The molecule has 0 bridgehead atoms. The van der Waals surface area contributed by atoms with Crippen molar-refractivity contribution in [3.63, 3.8) is 0 Å². The highest BCUT2D eigenvalue weighted by molar-refractivity contribution is 9.09. The fraction of sp³-hybridized carbons (Fsp3) is 1.00. The smallest absolute Gasteiger partial charge is 0.0563 e. The van der Waals surface area contributed by atoms with Gasteiger partial charge in [0.25, 0.3) is 0 Å². The number of hydrogen-bond donors (Lipinski definition) is 0. The number of alkyl halides is 1. The maximum absolute atomic E-state index is 5.34. The Labute approximate surface area is 64.9 Å². The molecule has 54 valence electrons. The van der Waals surface area contributed by atoms with Crippen LogP contribution < -0.4 is 0 Å². The highest BCUT2D eigenvalue weighted by Gasteiger charge is 2.16. The maximum atomic E-state index is 5.34. The molecule has 0 aliphatic heterocycles. The van der Waals surface area contributed by atoms with E-state index in [0.29, 0.717) is 0 Å². The van der Waals surface area contributed by atoms with Gasteiger partial charge in [-0.3, -0.25) is 0 Å². The molecule has 0 N–H and O–H groups in total. The van der Waals surface area contributed by atoms with Crippen molar-refractivity contribution >= 4 is 15.9 Å². The summed E-state index contributed by atoms with van der Waals surface area (Å²) in [7, 11) is 0. The molecule has 0 aromatic heterocycles. The van der Waals surface area contributed by atoms with Gasteiger partial charge in [-0.15, -0.1) is 0 Å². The molecule has 1 nitrogen and oxygen atoms in total. The van der Waals surface area contributed by atoms with Crippen molar-refractivity contribution in [2.24, 2.45) is 5.92 Å². The first-order valence-electron chi connectivity index (χ1n) is 3.57. The Morgan fingerprint density at radius 3 is 2.67 bits per heavy atom. The minimum Gasteiger partial charge on any atom is -0.380 e. The fourth-order valence-corrected chi connectivity index (χ4v) is 1.19. The van der Waals surface area contributed by atoms with Crippen LogP contribution in [0.2, 0.25) is 0 Å². The van der Waals surface area contributed by atoms with Crippen LogP contribution in [0.3, 0.4) is 0 Å². The van der Waals surface area contributed by atoms with Crippen LogP contribution in [0.4, 0.5) is 0 Å². The molecule has 0 spiro atoms. The largest absolute Gasteiger partial charge is 0.380 e. The third kappa shape index (κ3) is 2.67. The first kappa shape index (κ1) is 7.55. The SMILES string of the molecule is BrCCOCC1CCC1. The summed E-state index contributed by atoms with van der Waals surface area (Å²) in [4.78, 5) is 0. The summed E-state index contributed by atoms with van der Waals surface area (Å²) in [5, 5.41) is 0.972. The third-order valence-corrected chi connectivity index (χ3v) is 2.12. The Kier molecular flexibility index (Phi) is 3.59. The van der Waals surface area contributed by atoms with Gasteiger partial charge in [0.05, 0.1) is 6.61 Å². The average Bonchev–Trinajstić information content (AvgIpc) is 1.76. The Hall–Kier alpha value is 0.440. The number of rotatable bonds is 4. The van der Waals surface area contributed by atoms with E-state index in [1.165, 1.54) is 19.3 Å². The van der Waals surface area contributed by atoms with E-state index < -0.39 is 0 Å². The van der Waals surface area contributed by atoms with Gasteiger partial charge < -0.3 is 4.74 Å². The van der Waals surface area contributed by atoms with Crippen molar-refractivity contribution in [1.29, 1.82) is 0 Å². The first-order valence-corrected chi connectivity index (χ1v) is 4.69. The number of hydrogen-bond acceptors (Lipinski definition) is 1. The van der Waals surface area contributed by atoms with E-state index in [0.717, 1.165) is 24.5 Å². The zero-order valence-electron chi connectivity index (χ0n) is 5.61. The Morgan fingerprint density at radius 1 is 1.44 bits per heavy atom. The van der Waals surface area contributed by atoms with Gasteiger partial charge in [0.15, 0.2) is 0 Å². The molecule has 0 radical (unpaired) electrons. The minimum atomic E-state index is 0.872.